The number of carbonyl (C=O) groups excluding carboxylic acids is 1. The Labute approximate surface area is 154 Å². The molecule has 0 bridgehead atoms. The van der Waals surface area contributed by atoms with Gasteiger partial charge in [0.1, 0.15) is 5.75 Å². The van der Waals surface area contributed by atoms with Crippen LogP contribution >= 0.6 is 23.4 Å². The van der Waals surface area contributed by atoms with Gasteiger partial charge in [-0.3, -0.25) is 10.1 Å². The molecule has 0 spiro atoms. The third-order valence-electron chi connectivity index (χ3n) is 3.32. The molecule has 2 aromatic carbocycles. The van der Waals surface area contributed by atoms with Crippen molar-refractivity contribution in [2.24, 2.45) is 10.2 Å². The molecule has 3 rings (SSSR count). The fraction of sp³-hybridized carbons (Fsp3) is 0.0556. The second-order valence-electron chi connectivity index (χ2n) is 5.01. The van der Waals surface area contributed by atoms with E-state index in [0.717, 1.165) is 16.9 Å². The minimum atomic E-state index is -0.201. The molecule has 0 unspecified atom stereocenters. The normalized spacial score (nSPS) is 17.4. The van der Waals surface area contributed by atoms with Crippen molar-refractivity contribution in [1.29, 1.82) is 0 Å². The third kappa shape index (κ3) is 4.49. The maximum absolute atomic E-state index is 12.0. The van der Waals surface area contributed by atoms with E-state index in [4.69, 9.17) is 16.3 Å². The van der Waals surface area contributed by atoms with E-state index in [1.54, 1.807) is 25.5 Å². The van der Waals surface area contributed by atoms with Crippen LogP contribution in [-0.4, -0.2) is 24.4 Å². The second-order valence-corrected chi connectivity index (χ2v) is 6.45. The molecule has 1 amide bonds. The van der Waals surface area contributed by atoms with Crippen molar-refractivity contribution in [1.82, 2.24) is 5.32 Å². The third-order valence-corrected chi connectivity index (χ3v) is 4.56. The molecule has 0 aromatic heterocycles. The number of ether oxygens (including phenoxy) is 1. The van der Waals surface area contributed by atoms with Gasteiger partial charge in [-0.05, 0) is 41.6 Å². The molecule has 0 aliphatic carbocycles. The van der Waals surface area contributed by atoms with Crippen molar-refractivity contribution >= 4 is 46.7 Å². The zero-order valence-corrected chi connectivity index (χ0v) is 14.8. The number of amides is 1. The smallest absolute Gasteiger partial charge is 0.264 e. The molecule has 5 nitrogen and oxygen atoms in total. The summed E-state index contributed by atoms with van der Waals surface area (Å²) in [7, 11) is 1.61. The molecule has 25 heavy (non-hydrogen) atoms. The monoisotopic (exact) mass is 371 g/mol. The Hall–Kier alpha value is -2.57. The number of carbonyl (C=O) groups is 1. The highest BCUT2D eigenvalue weighted by molar-refractivity contribution is 8.18. The molecule has 7 heteroatoms. The Morgan fingerprint density at radius 1 is 1.16 bits per heavy atom. The van der Waals surface area contributed by atoms with Crippen molar-refractivity contribution in [2.45, 2.75) is 0 Å². The van der Waals surface area contributed by atoms with Gasteiger partial charge in [-0.25, -0.2) is 0 Å². The lowest BCUT2D eigenvalue weighted by atomic mass is 10.2. The van der Waals surface area contributed by atoms with Crippen LogP contribution in [0.3, 0.4) is 0 Å². The Balaban J connectivity index is 1.71. The van der Waals surface area contributed by atoms with Gasteiger partial charge in [0, 0.05) is 10.6 Å². The number of rotatable bonds is 4. The van der Waals surface area contributed by atoms with Gasteiger partial charge in [0.05, 0.1) is 18.2 Å². The largest absolute Gasteiger partial charge is 0.497 e. The summed E-state index contributed by atoms with van der Waals surface area (Å²) in [6.45, 7) is 0. The number of halogens is 1. The molecular formula is C18H14ClN3O2S. The molecule has 0 radical (unpaired) electrons. The number of nitrogens with zero attached hydrogens (tertiary/aromatic N) is 2. The average molecular weight is 372 g/mol. The number of hydrogen-bond acceptors (Lipinski definition) is 5. The lowest BCUT2D eigenvalue weighted by molar-refractivity contribution is -0.115. The zero-order chi connectivity index (χ0) is 17.6. The summed E-state index contributed by atoms with van der Waals surface area (Å²) < 4.78 is 5.12. The van der Waals surface area contributed by atoms with Crippen molar-refractivity contribution in [3.8, 4) is 5.75 Å². The first-order chi connectivity index (χ1) is 12.2. The van der Waals surface area contributed by atoms with Gasteiger partial charge < -0.3 is 4.74 Å². The highest BCUT2D eigenvalue weighted by Crippen LogP contribution is 2.26. The van der Waals surface area contributed by atoms with Crippen LogP contribution in [0.5, 0.6) is 5.75 Å². The highest BCUT2D eigenvalue weighted by Gasteiger charge is 2.23. The van der Waals surface area contributed by atoms with E-state index >= 15 is 0 Å². The fourth-order valence-electron chi connectivity index (χ4n) is 2.05. The quantitative estimate of drug-likeness (QED) is 0.503. The summed E-state index contributed by atoms with van der Waals surface area (Å²) in [6, 6.07) is 14.8. The van der Waals surface area contributed by atoms with E-state index in [9.17, 15) is 4.79 Å². The van der Waals surface area contributed by atoms with Crippen LogP contribution in [0.25, 0.3) is 6.08 Å². The lowest BCUT2D eigenvalue weighted by Gasteiger charge is -1.99. The first-order valence-electron chi connectivity index (χ1n) is 7.36. The molecule has 1 aliphatic heterocycles. The first-order valence-corrected chi connectivity index (χ1v) is 8.55. The van der Waals surface area contributed by atoms with Crippen LogP contribution in [-0.2, 0) is 4.79 Å². The molecule has 1 saturated heterocycles. The Kier molecular flexibility index (Phi) is 5.53. The fourth-order valence-corrected chi connectivity index (χ4v) is 3.01. The summed E-state index contributed by atoms with van der Waals surface area (Å²) >= 11 is 7.28. The van der Waals surface area contributed by atoms with Gasteiger partial charge in [0.15, 0.2) is 5.17 Å². The van der Waals surface area contributed by atoms with Crippen molar-refractivity contribution < 1.29 is 9.53 Å². The molecule has 1 N–H and O–H groups in total. The minimum absolute atomic E-state index is 0.201. The molecule has 0 atom stereocenters. The second kappa shape index (κ2) is 8.00. The summed E-state index contributed by atoms with van der Waals surface area (Å²) in [5.74, 6) is 0.564. The zero-order valence-electron chi connectivity index (χ0n) is 13.3. The van der Waals surface area contributed by atoms with Crippen LogP contribution in [0.1, 0.15) is 11.1 Å². The number of amidine groups is 1. The number of methoxy groups -OCH3 is 1. The molecule has 1 heterocycles. The standard InChI is InChI=1S/C18H14ClN3O2S/c1-24-14-8-6-12(7-9-14)10-16-17(23)21-18(25-16)22-20-11-13-4-2-3-5-15(13)19/h2-11H,1H3,(H,21,22,23). The average Bonchev–Trinajstić information content (AvgIpc) is 2.97. The van der Waals surface area contributed by atoms with Gasteiger partial charge in [0.2, 0.25) is 0 Å². The molecular weight excluding hydrogens is 358 g/mol. The van der Waals surface area contributed by atoms with E-state index in [1.165, 1.54) is 11.8 Å². The highest BCUT2D eigenvalue weighted by atomic mass is 35.5. The van der Waals surface area contributed by atoms with Crippen LogP contribution in [0, 0.1) is 0 Å². The van der Waals surface area contributed by atoms with E-state index in [1.807, 2.05) is 42.5 Å². The van der Waals surface area contributed by atoms with E-state index < -0.39 is 0 Å². The predicted molar refractivity (Wildman–Crippen MR) is 103 cm³/mol. The van der Waals surface area contributed by atoms with Gasteiger partial charge in [-0.2, -0.15) is 5.10 Å². The first kappa shape index (κ1) is 17.3. The van der Waals surface area contributed by atoms with Gasteiger partial charge >= 0.3 is 0 Å². The van der Waals surface area contributed by atoms with Gasteiger partial charge in [-0.1, -0.05) is 41.9 Å². The minimum Gasteiger partial charge on any atom is -0.497 e. The van der Waals surface area contributed by atoms with Crippen LogP contribution in [0.15, 0.2) is 63.6 Å². The van der Waals surface area contributed by atoms with Crippen LogP contribution < -0.4 is 10.1 Å². The molecule has 2 aromatic rings. The maximum atomic E-state index is 12.0. The Morgan fingerprint density at radius 2 is 1.92 bits per heavy atom. The SMILES string of the molecule is COc1ccc(C=C2SC(=NN=Cc3ccccc3Cl)NC2=O)cc1. The topological polar surface area (TPSA) is 63.1 Å². The van der Waals surface area contributed by atoms with Gasteiger partial charge in [-0.15, -0.1) is 5.10 Å². The van der Waals surface area contributed by atoms with Crippen molar-refractivity contribution in [3.05, 3.63) is 69.6 Å². The predicted octanol–water partition coefficient (Wildman–Crippen LogP) is 3.94. The lowest BCUT2D eigenvalue weighted by Crippen LogP contribution is -2.19. The Morgan fingerprint density at radius 3 is 2.64 bits per heavy atom. The molecule has 126 valence electrons. The summed E-state index contributed by atoms with van der Waals surface area (Å²) in [5.41, 5.74) is 1.66. The summed E-state index contributed by atoms with van der Waals surface area (Å²) in [4.78, 5) is 12.6. The van der Waals surface area contributed by atoms with E-state index in [2.05, 4.69) is 15.5 Å². The van der Waals surface area contributed by atoms with Crippen LogP contribution in [0.4, 0.5) is 0 Å². The van der Waals surface area contributed by atoms with Crippen molar-refractivity contribution in [3.63, 3.8) is 0 Å². The number of hydrogen-bond donors (Lipinski definition) is 1. The summed E-state index contributed by atoms with van der Waals surface area (Å²) in [5, 5.41) is 11.7. The van der Waals surface area contributed by atoms with Crippen LogP contribution in [0.2, 0.25) is 5.02 Å². The number of benzene rings is 2. The van der Waals surface area contributed by atoms with Crippen molar-refractivity contribution in [2.75, 3.05) is 7.11 Å². The number of thioether (sulfide) groups is 1. The molecule has 1 fully saturated rings. The Bertz CT molecular complexity index is 876. The number of nitrogens with one attached hydrogen (secondary N) is 1. The molecule has 1 aliphatic rings. The molecule has 0 saturated carbocycles. The van der Waals surface area contributed by atoms with E-state index in [-0.39, 0.29) is 5.91 Å². The summed E-state index contributed by atoms with van der Waals surface area (Å²) in [6.07, 6.45) is 3.34. The van der Waals surface area contributed by atoms with Gasteiger partial charge in [0.25, 0.3) is 5.91 Å². The van der Waals surface area contributed by atoms with E-state index in [0.29, 0.717) is 15.1 Å². The maximum Gasteiger partial charge on any atom is 0.264 e.